The maximum absolute atomic E-state index is 12.4. The molecule has 2 N–H and O–H groups in total. The van der Waals surface area contributed by atoms with Crippen LogP contribution in [0.3, 0.4) is 0 Å². The minimum Gasteiger partial charge on any atom is -0.494 e. The van der Waals surface area contributed by atoms with Gasteiger partial charge in [0.05, 0.1) is 7.11 Å². The van der Waals surface area contributed by atoms with Gasteiger partial charge in [0, 0.05) is 0 Å². The normalized spacial score (nSPS) is 10.4. The van der Waals surface area contributed by atoms with Crippen LogP contribution in [0, 0.1) is 10.1 Å². The number of nitro groups is 1. The quantitative estimate of drug-likeness (QED) is 0.614. The first-order valence-electron chi connectivity index (χ1n) is 3.74. The number of pyridine rings is 1. The number of hydrogen-bond acceptors (Lipinski definition) is 5. The van der Waals surface area contributed by atoms with E-state index in [9.17, 15) is 18.9 Å². The Morgan fingerprint density at radius 1 is 1.67 bits per heavy atom. The van der Waals surface area contributed by atoms with E-state index in [0.29, 0.717) is 6.20 Å². The second-order valence-electron chi connectivity index (χ2n) is 2.54. The van der Waals surface area contributed by atoms with Gasteiger partial charge in [-0.25, -0.2) is 8.78 Å². The predicted octanol–water partition coefficient (Wildman–Crippen LogP) is 1.52. The van der Waals surface area contributed by atoms with Gasteiger partial charge in [-0.15, -0.1) is 0 Å². The summed E-state index contributed by atoms with van der Waals surface area (Å²) in [6.45, 7) is 0. The van der Waals surface area contributed by atoms with Gasteiger partial charge in [0.15, 0.2) is 17.6 Å². The monoisotopic (exact) mass is 219 g/mol. The van der Waals surface area contributed by atoms with Crippen LogP contribution in [0.4, 0.5) is 20.3 Å². The fourth-order valence-corrected chi connectivity index (χ4v) is 1.04. The SMILES string of the molecule is COc1c(C(F)F)cnc([N+](=O)[O-])c1N. The van der Waals surface area contributed by atoms with Crippen LogP contribution in [0.15, 0.2) is 6.20 Å². The molecule has 6 nitrogen and oxygen atoms in total. The summed E-state index contributed by atoms with van der Waals surface area (Å²) < 4.78 is 29.3. The van der Waals surface area contributed by atoms with Gasteiger partial charge in [0.1, 0.15) is 5.56 Å². The molecule has 0 radical (unpaired) electrons. The molecule has 1 aromatic rings. The lowest BCUT2D eigenvalue weighted by Gasteiger charge is -2.08. The van der Waals surface area contributed by atoms with Crippen molar-refractivity contribution in [2.24, 2.45) is 0 Å². The standard InChI is InChI=1S/C7H7F2N3O3/c1-15-5-3(6(8)9)2-11-7(4(5)10)12(13)14/h2,6H,10H2,1H3. The molecule has 0 unspecified atom stereocenters. The molecule has 0 aliphatic rings. The molecule has 0 aromatic carbocycles. The average molecular weight is 219 g/mol. The van der Waals surface area contributed by atoms with Crippen LogP contribution >= 0.6 is 0 Å². The summed E-state index contributed by atoms with van der Waals surface area (Å²) in [4.78, 5) is 12.7. The summed E-state index contributed by atoms with van der Waals surface area (Å²) in [6, 6.07) is 0. The van der Waals surface area contributed by atoms with Gasteiger partial charge in [-0.05, 0) is 9.91 Å². The number of aromatic nitrogens is 1. The highest BCUT2D eigenvalue weighted by molar-refractivity contribution is 5.66. The third-order valence-corrected chi connectivity index (χ3v) is 1.69. The summed E-state index contributed by atoms with van der Waals surface area (Å²) >= 11 is 0. The topological polar surface area (TPSA) is 91.3 Å². The van der Waals surface area contributed by atoms with Crippen LogP contribution < -0.4 is 10.5 Å². The minimum absolute atomic E-state index is 0.410. The van der Waals surface area contributed by atoms with Gasteiger partial charge < -0.3 is 20.6 Å². The number of methoxy groups -OCH3 is 1. The van der Waals surface area contributed by atoms with Crippen LogP contribution in [0.5, 0.6) is 5.75 Å². The number of nitrogen functional groups attached to an aromatic ring is 1. The van der Waals surface area contributed by atoms with Crippen LogP contribution in [-0.4, -0.2) is 17.0 Å². The molecule has 0 amide bonds. The number of anilines is 1. The van der Waals surface area contributed by atoms with Crippen molar-refractivity contribution in [3.05, 3.63) is 21.9 Å². The molecule has 1 rings (SSSR count). The lowest BCUT2D eigenvalue weighted by molar-refractivity contribution is -0.388. The number of hydrogen-bond donors (Lipinski definition) is 1. The Bertz CT molecular complexity index is 397. The van der Waals surface area contributed by atoms with Crippen molar-refractivity contribution in [3.63, 3.8) is 0 Å². The van der Waals surface area contributed by atoms with Crippen molar-refractivity contribution < 1.29 is 18.4 Å². The number of halogens is 2. The van der Waals surface area contributed by atoms with Crippen LogP contribution in [0.25, 0.3) is 0 Å². The van der Waals surface area contributed by atoms with Gasteiger partial charge >= 0.3 is 5.82 Å². The Balaban J connectivity index is 3.39. The second-order valence-corrected chi connectivity index (χ2v) is 2.54. The van der Waals surface area contributed by atoms with Crippen molar-refractivity contribution in [3.8, 4) is 5.75 Å². The van der Waals surface area contributed by atoms with E-state index < -0.39 is 34.2 Å². The number of ether oxygens (including phenoxy) is 1. The smallest absolute Gasteiger partial charge is 0.390 e. The molecule has 82 valence electrons. The number of nitrogens with two attached hydrogens (primary N) is 1. The molecule has 0 atom stereocenters. The highest BCUT2D eigenvalue weighted by atomic mass is 19.3. The largest absolute Gasteiger partial charge is 0.494 e. The van der Waals surface area contributed by atoms with Crippen LogP contribution in [-0.2, 0) is 0 Å². The van der Waals surface area contributed by atoms with E-state index in [2.05, 4.69) is 9.72 Å². The maximum Gasteiger partial charge on any atom is 0.390 e. The highest BCUT2D eigenvalue weighted by Gasteiger charge is 2.25. The highest BCUT2D eigenvalue weighted by Crippen LogP contribution is 2.37. The lowest BCUT2D eigenvalue weighted by Crippen LogP contribution is -2.04. The zero-order chi connectivity index (χ0) is 11.6. The first kappa shape index (κ1) is 11.1. The van der Waals surface area contributed by atoms with Crippen molar-refractivity contribution in [2.45, 2.75) is 6.43 Å². The Morgan fingerprint density at radius 2 is 2.27 bits per heavy atom. The van der Waals surface area contributed by atoms with Crippen molar-refractivity contribution in [1.82, 2.24) is 4.98 Å². The molecule has 0 saturated heterocycles. The molecule has 1 heterocycles. The molecule has 0 bridgehead atoms. The zero-order valence-corrected chi connectivity index (χ0v) is 7.61. The second kappa shape index (κ2) is 4.03. The molecule has 0 fully saturated rings. The Hall–Kier alpha value is -1.99. The third kappa shape index (κ3) is 1.92. The Morgan fingerprint density at radius 3 is 2.67 bits per heavy atom. The average Bonchev–Trinajstić information content (AvgIpc) is 2.16. The molecule has 0 spiro atoms. The first-order valence-corrected chi connectivity index (χ1v) is 3.74. The summed E-state index contributed by atoms with van der Waals surface area (Å²) in [5.74, 6) is -1.11. The molecule has 1 aromatic heterocycles. The molecule has 0 aliphatic carbocycles. The molecule has 0 saturated carbocycles. The van der Waals surface area contributed by atoms with Crippen LogP contribution in [0.2, 0.25) is 0 Å². The van der Waals surface area contributed by atoms with Crippen molar-refractivity contribution in [1.29, 1.82) is 0 Å². The Kier molecular flexibility index (Phi) is 2.98. The molecule has 0 aliphatic heterocycles. The van der Waals surface area contributed by atoms with Crippen molar-refractivity contribution >= 4 is 11.5 Å². The summed E-state index contributed by atoms with van der Waals surface area (Å²) in [7, 11) is 1.10. The van der Waals surface area contributed by atoms with E-state index in [1.165, 1.54) is 0 Å². The van der Waals surface area contributed by atoms with E-state index in [1.54, 1.807) is 0 Å². The lowest BCUT2D eigenvalue weighted by atomic mass is 10.2. The minimum atomic E-state index is -2.85. The van der Waals surface area contributed by atoms with Gasteiger partial charge in [-0.3, -0.25) is 0 Å². The first-order chi connectivity index (χ1) is 6.99. The molecule has 15 heavy (non-hydrogen) atoms. The molecule has 8 heteroatoms. The van der Waals surface area contributed by atoms with E-state index in [1.807, 2.05) is 0 Å². The van der Waals surface area contributed by atoms with E-state index >= 15 is 0 Å². The fourth-order valence-electron chi connectivity index (χ4n) is 1.04. The van der Waals surface area contributed by atoms with E-state index in [4.69, 9.17) is 5.73 Å². The maximum atomic E-state index is 12.4. The molecular formula is C7H7F2N3O3. The van der Waals surface area contributed by atoms with E-state index in [0.717, 1.165) is 7.11 Å². The number of rotatable bonds is 3. The summed E-state index contributed by atoms with van der Waals surface area (Å²) in [5.41, 5.74) is 4.20. The Labute approximate surface area is 82.8 Å². The number of nitrogens with zero attached hydrogens (tertiary/aromatic N) is 2. The van der Waals surface area contributed by atoms with Crippen LogP contribution in [0.1, 0.15) is 12.0 Å². The van der Waals surface area contributed by atoms with E-state index in [-0.39, 0.29) is 0 Å². The van der Waals surface area contributed by atoms with Gasteiger partial charge in [0.2, 0.25) is 0 Å². The van der Waals surface area contributed by atoms with Gasteiger partial charge in [0.25, 0.3) is 6.43 Å². The predicted molar refractivity (Wildman–Crippen MR) is 46.8 cm³/mol. The number of alkyl halides is 2. The summed E-state index contributed by atoms with van der Waals surface area (Å²) in [6.07, 6.45) is -2.17. The molecular weight excluding hydrogens is 212 g/mol. The summed E-state index contributed by atoms with van der Waals surface area (Å²) in [5, 5.41) is 10.4. The third-order valence-electron chi connectivity index (χ3n) is 1.69. The zero-order valence-electron chi connectivity index (χ0n) is 7.61. The van der Waals surface area contributed by atoms with Crippen molar-refractivity contribution in [2.75, 3.05) is 12.8 Å². The van der Waals surface area contributed by atoms with Gasteiger partial charge in [-0.1, -0.05) is 0 Å². The fraction of sp³-hybridized carbons (Fsp3) is 0.286. The van der Waals surface area contributed by atoms with Gasteiger partial charge in [-0.2, -0.15) is 0 Å².